The molecule has 1 aliphatic rings. The van der Waals surface area contributed by atoms with Crippen LogP contribution in [0, 0.1) is 0 Å². The highest BCUT2D eigenvalue weighted by Crippen LogP contribution is 2.20. The van der Waals surface area contributed by atoms with E-state index in [0.717, 1.165) is 43.4 Å². The molecule has 0 saturated carbocycles. The number of aryl methyl sites for hydroxylation is 3. The van der Waals surface area contributed by atoms with Crippen molar-refractivity contribution in [3.63, 3.8) is 0 Å². The Bertz CT molecular complexity index is 1060. The van der Waals surface area contributed by atoms with Gasteiger partial charge in [-0.05, 0) is 75.1 Å². The molecular weight excluding hydrogens is 484 g/mol. The van der Waals surface area contributed by atoms with Gasteiger partial charge in [-0.25, -0.2) is 9.59 Å². The van der Waals surface area contributed by atoms with Crippen molar-refractivity contribution in [2.45, 2.75) is 64.0 Å². The van der Waals surface area contributed by atoms with Crippen LogP contribution in [0.1, 0.15) is 54.6 Å². The molecule has 0 unspecified atom stereocenters. The van der Waals surface area contributed by atoms with Crippen LogP contribution in [0.3, 0.4) is 0 Å². The van der Waals surface area contributed by atoms with Crippen LogP contribution in [0.2, 0.25) is 0 Å². The predicted octanol–water partition coefficient (Wildman–Crippen LogP) is 3.44. The second kappa shape index (κ2) is 15.1. The smallest absolute Gasteiger partial charge is 0.408 e. The SMILES string of the molecule is CN(C)C(=O)CN(CCCCc1ccc2c(n1)CCCC2)CC[C@H](NC(=O)OCc1ccccc1)C(=O)O. The van der Waals surface area contributed by atoms with Crippen LogP contribution in [0.5, 0.6) is 0 Å². The third-order valence-electron chi connectivity index (χ3n) is 6.79. The van der Waals surface area contributed by atoms with E-state index in [2.05, 4.69) is 17.4 Å². The molecule has 0 spiro atoms. The summed E-state index contributed by atoms with van der Waals surface area (Å²) >= 11 is 0. The first-order valence-corrected chi connectivity index (χ1v) is 13.4. The van der Waals surface area contributed by atoms with Crippen LogP contribution >= 0.6 is 0 Å². The first kappa shape index (κ1) is 29.1. The molecule has 1 aliphatic carbocycles. The lowest BCUT2D eigenvalue weighted by Crippen LogP contribution is -2.44. The molecule has 2 amide bonds. The van der Waals surface area contributed by atoms with Gasteiger partial charge in [0.25, 0.3) is 0 Å². The zero-order chi connectivity index (χ0) is 27.3. The summed E-state index contributed by atoms with van der Waals surface area (Å²) in [5, 5.41) is 12.1. The number of carboxylic acid groups (broad SMARTS) is 1. The highest BCUT2D eigenvalue weighted by molar-refractivity contribution is 5.80. The van der Waals surface area contributed by atoms with E-state index < -0.39 is 18.1 Å². The van der Waals surface area contributed by atoms with Gasteiger partial charge in [0.2, 0.25) is 5.91 Å². The summed E-state index contributed by atoms with van der Waals surface area (Å²) in [5.41, 5.74) is 4.53. The van der Waals surface area contributed by atoms with Crippen molar-refractivity contribution in [3.8, 4) is 0 Å². The van der Waals surface area contributed by atoms with Gasteiger partial charge in [-0.15, -0.1) is 0 Å². The Kier molecular flexibility index (Phi) is 11.5. The second-order valence-corrected chi connectivity index (χ2v) is 10.0. The number of alkyl carbamates (subject to hydrolysis) is 1. The Morgan fingerprint density at radius 2 is 1.79 bits per heavy atom. The van der Waals surface area contributed by atoms with Crippen molar-refractivity contribution in [2.75, 3.05) is 33.7 Å². The Morgan fingerprint density at radius 3 is 2.53 bits per heavy atom. The maximum Gasteiger partial charge on any atom is 0.408 e. The summed E-state index contributed by atoms with van der Waals surface area (Å²) in [6.45, 7) is 1.25. The molecule has 1 atom stereocenters. The van der Waals surface area contributed by atoms with Gasteiger partial charge in [-0.2, -0.15) is 0 Å². The van der Waals surface area contributed by atoms with Gasteiger partial charge in [0, 0.05) is 32.0 Å². The van der Waals surface area contributed by atoms with E-state index in [4.69, 9.17) is 9.72 Å². The number of unbranched alkanes of at least 4 members (excludes halogenated alkanes) is 1. The number of amides is 2. The molecule has 9 nitrogen and oxygen atoms in total. The standard InChI is InChI=1S/C29H40N4O5/c1-32(2)27(34)20-33(18-9-8-13-24-16-15-23-12-6-7-14-25(23)30-24)19-17-26(28(35)36)31-29(37)38-21-22-10-4-3-5-11-22/h3-5,10-11,15-16,26H,6-9,12-14,17-21H2,1-2H3,(H,31,37)(H,35,36)/t26-/m0/s1. The molecule has 1 heterocycles. The largest absolute Gasteiger partial charge is 0.480 e. The zero-order valence-electron chi connectivity index (χ0n) is 22.5. The summed E-state index contributed by atoms with van der Waals surface area (Å²) in [4.78, 5) is 44.7. The second-order valence-electron chi connectivity index (χ2n) is 10.0. The van der Waals surface area contributed by atoms with Gasteiger partial charge in [-0.3, -0.25) is 14.7 Å². The monoisotopic (exact) mass is 524 g/mol. The fraction of sp³-hybridized carbons (Fsp3) is 0.517. The van der Waals surface area contributed by atoms with Crippen LogP contribution < -0.4 is 5.32 Å². The minimum absolute atomic E-state index is 0.0524. The lowest BCUT2D eigenvalue weighted by Gasteiger charge is -2.25. The number of ether oxygens (including phenoxy) is 1. The van der Waals surface area contributed by atoms with E-state index in [1.54, 1.807) is 14.1 Å². The van der Waals surface area contributed by atoms with E-state index in [-0.39, 0.29) is 25.5 Å². The van der Waals surface area contributed by atoms with Crippen LogP contribution in [0.15, 0.2) is 42.5 Å². The number of likely N-dealkylation sites (N-methyl/N-ethyl adjacent to an activating group) is 1. The number of aliphatic carboxylic acids is 1. The Hall–Kier alpha value is -3.46. The van der Waals surface area contributed by atoms with E-state index in [1.165, 1.54) is 29.0 Å². The molecule has 0 saturated heterocycles. The van der Waals surface area contributed by atoms with Crippen LogP contribution in [0.25, 0.3) is 0 Å². The van der Waals surface area contributed by atoms with Crippen LogP contribution in [0.4, 0.5) is 4.79 Å². The van der Waals surface area contributed by atoms with Crippen molar-refractivity contribution >= 4 is 18.0 Å². The maximum absolute atomic E-state index is 12.4. The number of aromatic nitrogens is 1. The topological polar surface area (TPSA) is 112 Å². The van der Waals surface area contributed by atoms with Gasteiger partial charge >= 0.3 is 12.1 Å². The number of pyridine rings is 1. The number of carboxylic acids is 1. The fourth-order valence-corrected chi connectivity index (χ4v) is 4.49. The summed E-state index contributed by atoms with van der Waals surface area (Å²) in [6, 6.07) is 12.4. The number of hydrogen-bond donors (Lipinski definition) is 2. The minimum atomic E-state index is -1.14. The normalized spacial score (nSPS) is 13.4. The Morgan fingerprint density at radius 1 is 1.03 bits per heavy atom. The first-order valence-electron chi connectivity index (χ1n) is 13.4. The Labute approximate surface area is 225 Å². The number of hydrogen-bond acceptors (Lipinski definition) is 6. The van der Waals surface area contributed by atoms with Gasteiger partial charge in [0.1, 0.15) is 12.6 Å². The Balaban J connectivity index is 1.48. The summed E-state index contributed by atoms with van der Waals surface area (Å²) in [5.74, 6) is -1.19. The average molecular weight is 525 g/mol. The number of fused-ring (bicyclic) bond motifs is 1. The number of nitrogens with zero attached hydrogens (tertiary/aromatic N) is 3. The van der Waals surface area contributed by atoms with Gasteiger partial charge in [0.05, 0.1) is 6.54 Å². The molecule has 0 aliphatic heterocycles. The molecule has 0 fully saturated rings. The van der Waals surface area contributed by atoms with Crippen molar-refractivity contribution in [1.82, 2.24) is 20.1 Å². The molecule has 1 aromatic heterocycles. The van der Waals surface area contributed by atoms with Crippen LogP contribution in [-0.2, 0) is 40.2 Å². The highest BCUT2D eigenvalue weighted by atomic mass is 16.5. The van der Waals surface area contributed by atoms with Crippen molar-refractivity contribution in [2.24, 2.45) is 0 Å². The molecule has 2 N–H and O–H groups in total. The number of nitrogens with one attached hydrogen (secondary N) is 1. The van der Waals surface area contributed by atoms with Crippen molar-refractivity contribution in [3.05, 3.63) is 65.0 Å². The summed E-state index contributed by atoms with van der Waals surface area (Å²) < 4.78 is 5.17. The number of rotatable bonds is 14. The molecule has 1 aromatic carbocycles. The molecule has 0 bridgehead atoms. The number of carbonyl (C=O) groups is 3. The van der Waals surface area contributed by atoms with Crippen molar-refractivity contribution < 1.29 is 24.2 Å². The molecule has 0 radical (unpaired) electrons. The molecule has 9 heteroatoms. The lowest BCUT2D eigenvalue weighted by atomic mass is 9.95. The minimum Gasteiger partial charge on any atom is -0.480 e. The third-order valence-corrected chi connectivity index (χ3v) is 6.79. The molecule has 206 valence electrons. The third kappa shape index (κ3) is 9.78. The number of benzene rings is 1. The average Bonchev–Trinajstić information content (AvgIpc) is 2.92. The zero-order valence-corrected chi connectivity index (χ0v) is 22.5. The number of carbonyl (C=O) groups excluding carboxylic acids is 2. The quantitative estimate of drug-likeness (QED) is 0.364. The first-order chi connectivity index (χ1) is 18.3. The lowest BCUT2D eigenvalue weighted by molar-refractivity contribution is -0.139. The van der Waals surface area contributed by atoms with E-state index in [1.807, 2.05) is 35.2 Å². The summed E-state index contributed by atoms with van der Waals surface area (Å²) in [6.07, 6.45) is 6.64. The van der Waals surface area contributed by atoms with Crippen molar-refractivity contribution in [1.29, 1.82) is 0 Å². The van der Waals surface area contributed by atoms with Gasteiger partial charge < -0.3 is 20.1 Å². The molecular formula is C29H40N4O5. The molecule has 38 heavy (non-hydrogen) atoms. The fourth-order valence-electron chi connectivity index (χ4n) is 4.49. The highest BCUT2D eigenvalue weighted by Gasteiger charge is 2.23. The predicted molar refractivity (Wildman–Crippen MR) is 145 cm³/mol. The van der Waals surface area contributed by atoms with Gasteiger partial charge in [-0.1, -0.05) is 36.4 Å². The summed E-state index contributed by atoms with van der Waals surface area (Å²) in [7, 11) is 3.40. The van der Waals surface area contributed by atoms with E-state index in [0.29, 0.717) is 13.1 Å². The molecule has 2 aromatic rings. The van der Waals surface area contributed by atoms with Crippen LogP contribution in [-0.4, -0.2) is 77.6 Å². The maximum atomic E-state index is 12.4. The van der Waals surface area contributed by atoms with E-state index in [9.17, 15) is 19.5 Å². The van der Waals surface area contributed by atoms with E-state index >= 15 is 0 Å². The molecule has 3 rings (SSSR count). The van der Waals surface area contributed by atoms with Gasteiger partial charge in [0.15, 0.2) is 0 Å².